The van der Waals surface area contributed by atoms with Gasteiger partial charge in [-0.2, -0.15) is 0 Å². The largest absolute Gasteiger partial charge is 0.376 e. The highest BCUT2D eigenvalue weighted by molar-refractivity contribution is 5.31. The maximum atomic E-state index is 6.10. The van der Waals surface area contributed by atoms with Gasteiger partial charge in [0.15, 0.2) is 0 Å². The second kappa shape index (κ2) is 7.24. The second-order valence-corrected chi connectivity index (χ2v) is 6.11. The molecule has 2 unspecified atom stereocenters. The van der Waals surface area contributed by atoms with Crippen molar-refractivity contribution < 1.29 is 4.74 Å². The predicted octanol–water partition coefficient (Wildman–Crippen LogP) is 4.16. The molecule has 1 aliphatic rings. The summed E-state index contributed by atoms with van der Waals surface area (Å²) in [6.07, 6.45) is 4.12. The first-order chi connectivity index (χ1) is 9.65. The molecule has 2 heteroatoms. The molecular formula is C18H29NO. The van der Waals surface area contributed by atoms with Crippen molar-refractivity contribution in [3.8, 4) is 0 Å². The van der Waals surface area contributed by atoms with E-state index in [1.165, 1.54) is 29.5 Å². The zero-order valence-electron chi connectivity index (χ0n) is 13.4. The van der Waals surface area contributed by atoms with E-state index in [0.717, 1.165) is 25.5 Å². The normalized spacial score (nSPS) is 18.0. The number of nitrogens with one attached hydrogen (secondary N) is 1. The second-order valence-electron chi connectivity index (χ2n) is 6.11. The van der Waals surface area contributed by atoms with Crippen LogP contribution in [0.3, 0.4) is 0 Å². The van der Waals surface area contributed by atoms with Gasteiger partial charge in [0, 0.05) is 6.61 Å². The van der Waals surface area contributed by atoms with Crippen LogP contribution in [0.15, 0.2) is 18.2 Å². The summed E-state index contributed by atoms with van der Waals surface area (Å²) < 4.78 is 6.10. The van der Waals surface area contributed by atoms with E-state index in [1.54, 1.807) is 0 Å². The molecule has 0 heterocycles. The Morgan fingerprint density at radius 1 is 1.15 bits per heavy atom. The van der Waals surface area contributed by atoms with Crippen LogP contribution in [-0.2, 0) is 4.74 Å². The van der Waals surface area contributed by atoms with Gasteiger partial charge in [0.25, 0.3) is 0 Å². The van der Waals surface area contributed by atoms with Crippen molar-refractivity contribution in [2.75, 3.05) is 13.2 Å². The van der Waals surface area contributed by atoms with E-state index in [-0.39, 0.29) is 0 Å². The molecule has 1 saturated carbocycles. The fraction of sp³-hybridized carbons (Fsp3) is 0.667. The summed E-state index contributed by atoms with van der Waals surface area (Å²) in [6.45, 7) is 10.5. The van der Waals surface area contributed by atoms with Crippen molar-refractivity contribution in [2.24, 2.45) is 5.92 Å². The summed E-state index contributed by atoms with van der Waals surface area (Å²) in [6, 6.07) is 7.21. The fourth-order valence-corrected chi connectivity index (χ4v) is 3.03. The van der Waals surface area contributed by atoms with Crippen LogP contribution >= 0.6 is 0 Å². The lowest BCUT2D eigenvalue weighted by Gasteiger charge is -2.29. The number of ether oxygens (including phenoxy) is 1. The van der Waals surface area contributed by atoms with Gasteiger partial charge in [-0.25, -0.2) is 0 Å². The zero-order chi connectivity index (χ0) is 14.5. The van der Waals surface area contributed by atoms with Gasteiger partial charge in [-0.3, -0.25) is 0 Å². The molecule has 0 saturated heterocycles. The Balaban J connectivity index is 2.24. The molecule has 1 N–H and O–H groups in total. The summed E-state index contributed by atoms with van der Waals surface area (Å²) >= 11 is 0. The summed E-state index contributed by atoms with van der Waals surface area (Å²) in [7, 11) is 0. The van der Waals surface area contributed by atoms with Gasteiger partial charge in [-0.05, 0) is 58.1 Å². The molecule has 0 spiro atoms. The first-order valence-corrected chi connectivity index (χ1v) is 8.08. The maximum Gasteiger partial charge on any atom is 0.0797 e. The van der Waals surface area contributed by atoms with Gasteiger partial charge in [0.1, 0.15) is 0 Å². The number of benzene rings is 1. The Morgan fingerprint density at radius 2 is 1.80 bits per heavy atom. The molecule has 20 heavy (non-hydrogen) atoms. The maximum absolute atomic E-state index is 6.10. The molecule has 0 bridgehead atoms. The lowest BCUT2D eigenvalue weighted by Crippen LogP contribution is -2.36. The minimum absolute atomic E-state index is 0.327. The van der Waals surface area contributed by atoms with Gasteiger partial charge < -0.3 is 10.1 Å². The van der Waals surface area contributed by atoms with Gasteiger partial charge in [0.05, 0.1) is 12.1 Å². The van der Waals surface area contributed by atoms with Crippen LogP contribution in [0.4, 0.5) is 0 Å². The van der Waals surface area contributed by atoms with Crippen LogP contribution in [0.2, 0.25) is 0 Å². The monoisotopic (exact) mass is 275 g/mol. The van der Waals surface area contributed by atoms with E-state index < -0.39 is 0 Å². The molecule has 112 valence electrons. The minimum atomic E-state index is 0.327. The molecule has 1 aliphatic carbocycles. The van der Waals surface area contributed by atoms with Gasteiger partial charge in [-0.1, -0.05) is 36.2 Å². The van der Waals surface area contributed by atoms with E-state index in [4.69, 9.17) is 4.74 Å². The molecule has 0 aromatic heterocycles. The SMILES string of the molecule is CCCNC(c1cc(C)cc(C)c1)C(OCC)C1CC1. The van der Waals surface area contributed by atoms with Crippen LogP contribution in [0.25, 0.3) is 0 Å². The Kier molecular flexibility index (Phi) is 5.62. The zero-order valence-corrected chi connectivity index (χ0v) is 13.4. The highest BCUT2D eigenvalue weighted by Gasteiger charge is 2.37. The van der Waals surface area contributed by atoms with E-state index >= 15 is 0 Å². The molecule has 1 aromatic rings. The lowest BCUT2D eigenvalue weighted by atomic mass is 9.94. The van der Waals surface area contributed by atoms with Crippen LogP contribution in [0.5, 0.6) is 0 Å². The van der Waals surface area contributed by atoms with Crippen LogP contribution < -0.4 is 5.32 Å². The number of hydrogen-bond donors (Lipinski definition) is 1. The molecule has 0 amide bonds. The van der Waals surface area contributed by atoms with Crippen molar-refractivity contribution in [3.63, 3.8) is 0 Å². The third-order valence-electron chi connectivity index (χ3n) is 3.99. The Hall–Kier alpha value is -0.860. The lowest BCUT2D eigenvalue weighted by molar-refractivity contribution is 0.0186. The molecule has 2 rings (SSSR count). The van der Waals surface area contributed by atoms with E-state index in [1.807, 2.05) is 0 Å². The van der Waals surface area contributed by atoms with Crippen molar-refractivity contribution >= 4 is 0 Å². The van der Waals surface area contributed by atoms with Crippen molar-refractivity contribution in [1.29, 1.82) is 0 Å². The topological polar surface area (TPSA) is 21.3 Å². The molecule has 0 aliphatic heterocycles. The van der Waals surface area contributed by atoms with E-state index in [2.05, 4.69) is 51.2 Å². The van der Waals surface area contributed by atoms with Crippen LogP contribution in [-0.4, -0.2) is 19.3 Å². The van der Waals surface area contributed by atoms with Gasteiger partial charge >= 0.3 is 0 Å². The Labute approximate surface area is 123 Å². The highest BCUT2D eigenvalue weighted by Crippen LogP contribution is 2.40. The Morgan fingerprint density at radius 3 is 2.30 bits per heavy atom. The first-order valence-electron chi connectivity index (χ1n) is 8.08. The highest BCUT2D eigenvalue weighted by atomic mass is 16.5. The number of hydrogen-bond acceptors (Lipinski definition) is 2. The molecule has 2 nitrogen and oxygen atoms in total. The number of aryl methyl sites for hydroxylation is 2. The average molecular weight is 275 g/mol. The molecule has 1 fully saturated rings. The first kappa shape index (κ1) is 15.5. The van der Waals surface area contributed by atoms with Gasteiger partial charge in [-0.15, -0.1) is 0 Å². The Bertz CT molecular complexity index is 405. The smallest absolute Gasteiger partial charge is 0.0797 e. The molecule has 1 aromatic carbocycles. The van der Waals surface area contributed by atoms with Crippen molar-refractivity contribution in [1.82, 2.24) is 5.32 Å². The summed E-state index contributed by atoms with van der Waals surface area (Å²) in [5, 5.41) is 3.72. The predicted molar refractivity (Wildman–Crippen MR) is 85.1 cm³/mol. The quantitative estimate of drug-likeness (QED) is 0.769. The van der Waals surface area contributed by atoms with Crippen LogP contribution in [0.1, 0.15) is 55.8 Å². The van der Waals surface area contributed by atoms with Gasteiger partial charge in [0.2, 0.25) is 0 Å². The standard InChI is InChI=1S/C18H29NO/c1-5-9-19-17(18(20-6-2)15-7-8-15)16-11-13(3)10-14(4)12-16/h10-12,15,17-19H,5-9H2,1-4H3. The fourth-order valence-electron chi connectivity index (χ4n) is 3.03. The molecule has 0 radical (unpaired) electrons. The van der Waals surface area contributed by atoms with Crippen molar-refractivity contribution in [3.05, 3.63) is 34.9 Å². The van der Waals surface area contributed by atoms with Crippen LogP contribution in [0, 0.1) is 19.8 Å². The molecule has 2 atom stereocenters. The summed E-state index contributed by atoms with van der Waals surface area (Å²) in [4.78, 5) is 0. The third kappa shape index (κ3) is 4.07. The average Bonchev–Trinajstić information content (AvgIpc) is 3.21. The van der Waals surface area contributed by atoms with E-state index in [9.17, 15) is 0 Å². The summed E-state index contributed by atoms with van der Waals surface area (Å²) in [5.74, 6) is 0.741. The van der Waals surface area contributed by atoms with E-state index in [0.29, 0.717) is 12.1 Å². The van der Waals surface area contributed by atoms with Crippen molar-refractivity contribution in [2.45, 2.75) is 59.1 Å². The molecular weight excluding hydrogens is 246 g/mol. The number of rotatable bonds is 8. The minimum Gasteiger partial charge on any atom is -0.376 e. The third-order valence-corrected chi connectivity index (χ3v) is 3.99. The summed E-state index contributed by atoms with van der Waals surface area (Å²) in [5.41, 5.74) is 4.07.